The molecule has 1 aromatic rings. The zero-order valence-corrected chi connectivity index (χ0v) is 11.8. The standard InChI is InChI=1S/C13H18N2O5/c1-4-7-15(8-11(16)14(2)3)12(17)9-5-6-10(20-9)13(18)19/h5-6H,4,7-8H2,1-3H3,(H,18,19). The second-order valence-corrected chi connectivity index (χ2v) is 4.48. The average Bonchev–Trinajstić information content (AvgIpc) is 2.86. The molecule has 2 amide bonds. The first-order chi connectivity index (χ1) is 9.36. The molecule has 0 aliphatic heterocycles. The number of nitrogens with zero attached hydrogens (tertiary/aromatic N) is 2. The smallest absolute Gasteiger partial charge is 0.371 e. The van der Waals surface area contributed by atoms with Gasteiger partial charge in [-0.15, -0.1) is 0 Å². The van der Waals surface area contributed by atoms with Crippen molar-refractivity contribution in [1.82, 2.24) is 9.80 Å². The lowest BCUT2D eigenvalue weighted by atomic mass is 10.3. The van der Waals surface area contributed by atoms with E-state index in [0.717, 1.165) is 0 Å². The van der Waals surface area contributed by atoms with E-state index in [4.69, 9.17) is 9.52 Å². The number of likely N-dealkylation sites (N-methyl/N-ethyl adjacent to an activating group) is 1. The van der Waals surface area contributed by atoms with Crippen LogP contribution in [0.2, 0.25) is 0 Å². The average molecular weight is 282 g/mol. The van der Waals surface area contributed by atoms with Crippen LogP contribution in [-0.4, -0.2) is 59.9 Å². The molecule has 110 valence electrons. The van der Waals surface area contributed by atoms with Gasteiger partial charge in [-0.2, -0.15) is 0 Å². The van der Waals surface area contributed by atoms with Crippen molar-refractivity contribution in [2.24, 2.45) is 0 Å². The lowest BCUT2D eigenvalue weighted by Gasteiger charge is -2.22. The Morgan fingerprint density at radius 2 is 1.80 bits per heavy atom. The normalized spacial score (nSPS) is 10.2. The second-order valence-electron chi connectivity index (χ2n) is 4.48. The third-order valence-corrected chi connectivity index (χ3v) is 2.63. The van der Waals surface area contributed by atoms with Gasteiger partial charge in [-0.25, -0.2) is 4.79 Å². The molecule has 0 atom stereocenters. The highest BCUT2D eigenvalue weighted by atomic mass is 16.4. The SMILES string of the molecule is CCCN(CC(=O)N(C)C)C(=O)c1ccc(C(=O)O)o1. The number of furan rings is 1. The minimum absolute atomic E-state index is 0.0667. The van der Waals surface area contributed by atoms with E-state index in [1.54, 1.807) is 14.1 Å². The third kappa shape index (κ3) is 3.84. The van der Waals surface area contributed by atoms with Crippen molar-refractivity contribution in [3.63, 3.8) is 0 Å². The van der Waals surface area contributed by atoms with Gasteiger partial charge in [0.25, 0.3) is 5.91 Å². The van der Waals surface area contributed by atoms with Gasteiger partial charge >= 0.3 is 5.97 Å². The Morgan fingerprint density at radius 1 is 1.20 bits per heavy atom. The number of carboxylic acids is 1. The van der Waals surface area contributed by atoms with Crippen LogP contribution in [0.4, 0.5) is 0 Å². The van der Waals surface area contributed by atoms with Gasteiger partial charge in [0, 0.05) is 20.6 Å². The van der Waals surface area contributed by atoms with Crippen LogP contribution in [0.1, 0.15) is 34.5 Å². The lowest BCUT2D eigenvalue weighted by Crippen LogP contribution is -2.40. The maximum Gasteiger partial charge on any atom is 0.371 e. The Balaban J connectivity index is 2.87. The van der Waals surface area contributed by atoms with Gasteiger partial charge in [0.15, 0.2) is 5.76 Å². The van der Waals surface area contributed by atoms with Crippen molar-refractivity contribution in [2.75, 3.05) is 27.2 Å². The molecule has 0 saturated heterocycles. The number of carbonyl (C=O) groups excluding carboxylic acids is 2. The number of amides is 2. The van der Waals surface area contributed by atoms with E-state index in [0.29, 0.717) is 13.0 Å². The summed E-state index contributed by atoms with van der Waals surface area (Å²) in [5.41, 5.74) is 0. The highest BCUT2D eigenvalue weighted by Gasteiger charge is 2.22. The Hall–Kier alpha value is -2.31. The van der Waals surface area contributed by atoms with Gasteiger partial charge in [-0.1, -0.05) is 6.92 Å². The maximum atomic E-state index is 12.2. The van der Waals surface area contributed by atoms with Gasteiger partial charge in [0.1, 0.15) is 6.54 Å². The number of aromatic carboxylic acids is 1. The molecule has 0 spiro atoms. The van der Waals surface area contributed by atoms with E-state index >= 15 is 0 Å². The fourth-order valence-corrected chi connectivity index (χ4v) is 1.55. The summed E-state index contributed by atoms with van der Waals surface area (Å²) in [6.07, 6.45) is 0.680. The van der Waals surface area contributed by atoms with Gasteiger partial charge in [0.05, 0.1) is 0 Å². The summed E-state index contributed by atoms with van der Waals surface area (Å²) in [5.74, 6) is -2.33. The molecule has 0 aliphatic rings. The van der Waals surface area contributed by atoms with Crippen LogP contribution in [0.25, 0.3) is 0 Å². The highest BCUT2D eigenvalue weighted by molar-refractivity contribution is 5.95. The number of hydrogen-bond donors (Lipinski definition) is 1. The van der Waals surface area contributed by atoms with Crippen LogP contribution in [0.15, 0.2) is 16.5 Å². The minimum Gasteiger partial charge on any atom is -0.475 e. The summed E-state index contributed by atoms with van der Waals surface area (Å²) in [6, 6.07) is 2.52. The first-order valence-electron chi connectivity index (χ1n) is 6.19. The molecule has 0 fully saturated rings. The van der Waals surface area contributed by atoms with Gasteiger partial charge in [-0.3, -0.25) is 9.59 Å². The number of hydrogen-bond acceptors (Lipinski definition) is 4. The molecule has 1 rings (SSSR count). The van der Waals surface area contributed by atoms with Gasteiger partial charge in [-0.05, 0) is 18.6 Å². The van der Waals surface area contributed by atoms with E-state index in [-0.39, 0.29) is 24.0 Å². The summed E-state index contributed by atoms with van der Waals surface area (Å²) >= 11 is 0. The van der Waals surface area contributed by atoms with E-state index in [2.05, 4.69) is 0 Å². The van der Waals surface area contributed by atoms with Crippen LogP contribution < -0.4 is 0 Å². The number of carboxylic acid groups (broad SMARTS) is 1. The quantitative estimate of drug-likeness (QED) is 0.837. The Labute approximate surface area is 116 Å². The van der Waals surface area contributed by atoms with Crippen molar-refractivity contribution < 1.29 is 23.9 Å². The molecule has 20 heavy (non-hydrogen) atoms. The van der Waals surface area contributed by atoms with E-state index in [1.165, 1.54) is 21.9 Å². The number of carbonyl (C=O) groups is 3. The summed E-state index contributed by atoms with van der Waals surface area (Å²) < 4.78 is 4.96. The predicted molar refractivity (Wildman–Crippen MR) is 70.6 cm³/mol. The molecular weight excluding hydrogens is 264 g/mol. The zero-order valence-electron chi connectivity index (χ0n) is 11.8. The minimum atomic E-state index is -1.24. The van der Waals surface area contributed by atoms with Crippen LogP contribution in [0.5, 0.6) is 0 Å². The molecule has 0 unspecified atom stereocenters. The van der Waals surface area contributed by atoms with Crippen molar-refractivity contribution in [2.45, 2.75) is 13.3 Å². The van der Waals surface area contributed by atoms with E-state index in [9.17, 15) is 14.4 Å². The summed E-state index contributed by atoms with van der Waals surface area (Å²) in [7, 11) is 3.21. The topological polar surface area (TPSA) is 91.1 Å². The first kappa shape index (κ1) is 15.7. The van der Waals surface area contributed by atoms with Crippen molar-refractivity contribution in [3.05, 3.63) is 23.7 Å². The Morgan fingerprint density at radius 3 is 2.25 bits per heavy atom. The van der Waals surface area contributed by atoms with Crippen molar-refractivity contribution in [1.29, 1.82) is 0 Å². The van der Waals surface area contributed by atoms with Crippen LogP contribution >= 0.6 is 0 Å². The summed E-state index contributed by atoms with van der Waals surface area (Å²) in [4.78, 5) is 37.3. The van der Waals surface area contributed by atoms with Crippen LogP contribution in [-0.2, 0) is 4.79 Å². The molecule has 1 N–H and O–H groups in total. The Kier molecular flexibility index (Phi) is 5.31. The molecule has 0 saturated carbocycles. The molecule has 0 radical (unpaired) electrons. The monoisotopic (exact) mass is 282 g/mol. The molecule has 0 aliphatic carbocycles. The summed E-state index contributed by atoms with van der Waals surface area (Å²) in [5, 5.41) is 8.76. The molecule has 7 heteroatoms. The lowest BCUT2D eigenvalue weighted by molar-refractivity contribution is -0.129. The zero-order chi connectivity index (χ0) is 15.3. The van der Waals surface area contributed by atoms with E-state index < -0.39 is 11.9 Å². The molecule has 1 heterocycles. The summed E-state index contributed by atoms with van der Waals surface area (Å²) in [6.45, 7) is 2.20. The molecule has 0 aromatic carbocycles. The maximum absolute atomic E-state index is 12.2. The van der Waals surface area contributed by atoms with Gasteiger partial charge < -0.3 is 19.3 Å². The van der Waals surface area contributed by atoms with Crippen LogP contribution in [0.3, 0.4) is 0 Å². The first-order valence-corrected chi connectivity index (χ1v) is 6.19. The van der Waals surface area contributed by atoms with E-state index in [1.807, 2.05) is 6.92 Å². The fourth-order valence-electron chi connectivity index (χ4n) is 1.55. The number of rotatable bonds is 6. The predicted octanol–water partition coefficient (Wildman–Crippen LogP) is 0.918. The Bertz CT molecular complexity index is 507. The highest BCUT2D eigenvalue weighted by Crippen LogP contribution is 2.11. The van der Waals surface area contributed by atoms with Gasteiger partial charge in [0.2, 0.25) is 11.7 Å². The molecule has 7 nitrogen and oxygen atoms in total. The molecule has 1 aromatic heterocycles. The largest absolute Gasteiger partial charge is 0.475 e. The van der Waals surface area contributed by atoms with Crippen molar-refractivity contribution >= 4 is 17.8 Å². The molecule has 0 bridgehead atoms. The second kappa shape index (κ2) is 6.74. The fraction of sp³-hybridized carbons (Fsp3) is 0.462. The third-order valence-electron chi connectivity index (χ3n) is 2.63. The van der Waals surface area contributed by atoms with Crippen molar-refractivity contribution in [3.8, 4) is 0 Å². The molecular formula is C13H18N2O5. The van der Waals surface area contributed by atoms with Crippen LogP contribution in [0, 0.1) is 0 Å².